The van der Waals surface area contributed by atoms with Gasteiger partial charge in [-0.2, -0.15) is 0 Å². The molecular formula is C50H32N2. The van der Waals surface area contributed by atoms with Gasteiger partial charge in [0, 0.05) is 32.6 Å². The second-order valence-electron chi connectivity index (χ2n) is 13.7. The summed E-state index contributed by atoms with van der Waals surface area (Å²) >= 11 is 0. The fourth-order valence-corrected chi connectivity index (χ4v) is 8.52. The van der Waals surface area contributed by atoms with E-state index in [9.17, 15) is 0 Å². The Kier molecular flexibility index (Phi) is 6.28. The second-order valence-corrected chi connectivity index (χ2v) is 13.7. The van der Waals surface area contributed by atoms with Gasteiger partial charge < -0.3 is 9.13 Å². The Labute approximate surface area is 301 Å². The van der Waals surface area contributed by atoms with Crippen LogP contribution in [0.3, 0.4) is 0 Å². The van der Waals surface area contributed by atoms with Crippen molar-refractivity contribution in [3.8, 4) is 33.6 Å². The molecular weight excluding hydrogens is 629 g/mol. The zero-order valence-corrected chi connectivity index (χ0v) is 28.4. The topological polar surface area (TPSA) is 9.86 Å². The lowest BCUT2D eigenvalue weighted by Gasteiger charge is -2.14. The highest BCUT2D eigenvalue weighted by atomic mass is 15.0. The molecule has 0 aliphatic carbocycles. The summed E-state index contributed by atoms with van der Waals surface area (Å²) in [6, 6.07) is 71.0. The molecule has 9 aromatic carbocycles. The van der Waals surface area contributed by atoms with E-state index < -0.39 is 0 Å². The van der Waals surface area contributed by atoms with Crippen molar-refractivity contribution >= 4 is 65.2 Å². The van der Waals surface area contributed by atoms with Gasteiger partial charge >= 0.3 is 0 Å². The minimum Gasteiger partial charge on any atom is -0.309 e. The highest BCUT2D eigenvalue weighted by Gasteiger charge is 2.18. The maximum atomic E-state index is 2.45. The molecule has 52 heavy (non-hydrogen) atoms. The number of para-hydroxylation sites is 2. The first kappa shape index (κ1) is 28.9. The van der Waals surface area contributed by atoms with Crippen molar-refractivity contribution in [1.29, 1.82) is 0 Å². The van der Waals surface area contributed by atoms with Gasteiger partial charge in [-0.25, -0.2) is 0 Å². The molecule has 0 spiro atoms. The maximum absolute atomic E-state index is 2.45. The number of fused-ring (bicyclic) bond motifs is 8. The van der Waals surface area contributed by atoms with Crippen LogP contribution in [0, 0.1) is 0 Å². The van der Waals surface area contributed by atoms with Crippen LogP contribution in [0.25, 0.3) is 98.8 Å². The fraction of sp³-hybridized carbons (Fsp3) is 0. The summed E-state index contributed by atoms with van der Waals surface area (Å²) in [4.78, 5) is 0. The van der Waals surface area contributed by atoms with E-state index in [2.05, 4.69) is 203 Å². The lowest BCUT2D eigenvalue weighted by molar-refractivity contribution is 1.19. The minimum absolute atomic E-state index is 1.18. The first-order valence-corrected chi connectivity index (χ1v) is 17.9. The SMILES string of the molecule is c1ccc(-c2cccc3c(-n4c5ccccc5c5cc(-c6ccc7c(c6)c6ccccc6n7-c6ccc7ccccc7c6)ccc54)cccc23)cc1. The predicted molar refractivity (Wildman–Crippen MR) is 221 cm³/mol. The van der Waals surface area contributed by atoms with E-state index in [4.69, 9.17) is 0 Å². The first-order chi connectivity index (χ1) is 25.8. The molecule has 11 rings (SSSR count). The van der Waals surface area contributed by atoms with Crippen LogP contribution in [0.5, 0.6) is 0 Å². The van der Waals surface area contributed by atoms with Crippen molar-refractivity contribution < 1.29 is 0 Å². The van der Waals surface area contributed by atoms with Crippen molar-refractivity contribution in [3.63, 3.8) is 0 Å². The molecule has 11 aromatic rings. The molecule has 0 saturated heterocycles. The number of rotatable bonds is 4. The Balaban J connectivity index is 1.09. The van der Waals surface area contributed by atoms with E-state index in [1.807, 2.05) is 0 Å². The third-order valence-corrected chi connectivity index (χ3v) is 10.9. The van der Waals surface area contributed by atoms with Gasteiger partial charge in [-0.3, -0.25) is 0 Å². The van der Waals surface area contributed by atoms with Gasteiger partial charge in [0.2, 0.25) is 0 Å². The molecule has 2 nitrogen and oxygen atoms in total. The van der Waals surface area contributed by atoms with Crippen LogP contribution in [0.2, 0.25) is 0 Å². The molecule has 0 aliphatic rings. The van der Waals surface area contributed by atoms with Crippen molar-refractivity contribution in [2.75, 3.05) is 0 Å². The van der Waals surface area contributed by atoms with E-state index in [1.165, 1.54) is 98.8 Å². The zero-order valence-electron chi connectivity index (χ0n) is 28.4. The molecule has 0 saturated carbocycles. The van der Waals surface area contributed by atoms with E-state index >= 15 is 0 Å². The van der Waals surface area contributed by atoms with Crippen LogP contribution in [-0.2, 0) is 0 Å². The molecule has 0 fully saturated rings. The van der Waals surface area contributed by atoms with E-state index in [1.54, 1.807) is 0 Å². The van der Waals surface area contributed by atoms with Crippen LogP contribution in [-0.4, -0.2) is 9.13 Å². The van der Waals surface area contributed by atoms with Gasteiger partial charge in [0.05, 0.1) is 27.8 Å². The number of aromatic nitrogens is 2. The van der Waals surface area contributed by atoms with Gasteiger partial charge in [-0.05, 0) is 93.0 Å². The average molecular weight is 661 g/mol. The molecule has 0 radical (unpaired) electrons. The summed E-state index contributed by atoms with van der Waals surface area (Å²) in [6.45, 7) is 0. The van der Waals surface area contributed by atoms with E-state index in [0.717, 1.165) is 0 Å². The summed E-state index contributed by atoms with van der Waals surface area (Å²) in [5, 5.41) is 10.0. The smallest absolute Gasteiger partial charge is 0.0541 e. The minimum atomic E-state index is 1.18. The van der Waals surface area contributed by atoms with Gasteiger partial charge in [-0.1, -0.05) is 140 Å². The third-order valence-electron chi connectivity index (χ3n) is 10.9. The van der Waals surface area contributed by atoms with Crippen LogP contribution in [0.1, 0.15) is 0 Å². The molecule has 2 aromatic heterocycles. The van der Waals surface area contributed by atoms with Crippen molar-refractivity contribution in [3.05, 3.63) is 194 Å². The van der Waals surface area contributed by atoms with Crippen molar-refractivity contribution in [1.82, 2.24) is 9.13 Å². The highest BCUT2D eigenvalue weighted by Crippen LogP contribution is 2.40. The fourth-order valence-electron chi connectivity index (χ4n) is 8.52. The lowest BCUT2D eigenvalue weighted by Crippen LogP contribution is -1.96. The Bertz CT molecular complexity index is 3180. The van der Waals surface area contributed by atoms with Crippen LogP contribution in [0.4, 0.5) is 0 Å². The van der Waals surface area contributed by atoms with Crippen LogP contribution in [0.15, 0.2) is 194 Å². The zero-order chi connectivity index (χ0) is 34.2. The van der Waals surface area contributed by atoms with Gasteiger partial charge in [0.15, 0.2) is 0 Å². The predicted octanol–water partition coefficient (Wildman–Crippen LogP) is 13.5. The molecule has 0 unspecified atom stereocenters. The number of hydrogen-bond donors (Lipinski definition) is 0. The van der Waals surface area contributed by atoms with Crippen molar-refractivity contribution in [2.24, 2.45) is 0 Å². The average Bonchev–Trinajstić information content (AvgIpc) is 3.72. The quantitative estimate of drug-likeness (QED) is 0.178. The molecule has 2 heteroatoms. The molecule has 0 atom stereocenters. The summed E-state index contributed by atoms with van der Waals surface area (Å²) in [7, 11) is 0. The molecule has 0 amide bonds. The summed E-state index contributed by atoms with van der Waals surface area (Å²) in [6.07, 6.45) is 0. The van der Waals surface area contributed by atoms with E-state index in [0.29, 0.717) is 0 Å². The summed E-state index contributed by atoms with van der Waals surface area (Å²) < 4.78 is 4.86. The number of nitrogens with zero attached hydrogens (tertiary/aromatic N) is 2. The third kappa shape index (κ3) is 4.31. The standard InChI is InChI=1S/C50H32N2/c1-2-13-34(14-3-1)39-18-10-20-41-40(39)19-11-23-48(41)52-47-22-9-7-17-43(47)45-32-37(26-29-50(45)52)36-25-28-49-44(31-36)42-16-6-8-21-46(42)51(49)38-27-24-33-12-4-5-15-35(33)30-38/h1-32H. The normalized spacial score (nSPS) is 11.8. The van der Waals surface area contributed by atoms with E-state index in [-0.39, 0.29) is 0 Å². The Morgan fingerprint density at radius 3 is 1.58 bits per heavy atom. The van der Waals surface area contributed by atoms with Gasteiger partial charge in [0.1, 0.15) is 0 Å². The maximum Gasteiger partial charge on any atom is 0.0541 e. The molecule has 2 heterocycles. The Morgan fingerprint density at radius 1 is 0.269 bits per heavy atom. The van der Waals surface area contributed by atoms with Crippen molar-refractivity contribution in [2.45, 2.75) is 0 Å². The summed E-state index contributed by atoms with van der Waals surface area (Å²) in [5.41, 5.74) is 12.1. The summed E-state index contributed by atoms with van der Waals surface area (Å²) in [5.74, 6) is 0. The van der Waals surface area contributed by atoms with Gasteiger partial charge in [0.25, 0.3) is 0 Å². The molecule has 0 bridgehead atoms. The number of benzene rings is 9. The largest absolute Gasteiger partial charge is 0.309 e. The highest BCUT2D eigenvalue weighted by molar-refractivity contribution is 6.14. The number of hydrogen-bond acceptors (Lipinski definition) is 0. The van der Waals surface area contributed by atoms with Crippen LogP contribution >= 0.6 is 0 Å². The second kappa shape index (κ2) is 11.3. The molecule has 0 N–H and O–H groups in total. The van der Waals surface area contributed by atoms with Gasteiger partial charge in [-0.15, -0.1) is 0 Å². The molecule has 0 aliphatic heterocycles. The Hall–Kier alpha value is -6.90. The first-order valence-electron chi connectivity index (χ1n) is 17.9. The van der Waals surface area contributed by atoms with Crippen LogP contribution < -0.4 is 0 Å². The Morgan fingerprint density at radius 2 is 0.827 bits per heavy atom. The monoisotopic (exact) mass is 660 g/mol. The molecule has 242 valence electrons. The lowest BCUT2D eigenvalue weighted by atomic mass is 9.97.